The second kappa shape index (κ2) is 18.4. The van der Waals surface area contributed by atoms with Gasteiger partial charge in [-0.15, -0.1) is 0 Å². The summed E-state index contributed by atoms with van der Waals surface area (Å²) in [6.07, 6.45) is 0. The van der Waals surface area contributed by atoms with Crippen molar-refractivity contribution >= 4 is 0 Å². The van der Waals surface area contributed by atoms with Gasteiger partial charge in [0.25, 0.3) is 0 Å². The van der Waals surface area contributed by atoms with E-state index >= 15 is 0 Å². The average Bonchev–Trinajstić information content (AvgIpc) is 1.00. The summed E-state index contributed by atoms with van der Waals surface area (Å²) in [6.45, 7) is 0. The maximum atomic E-state index is 2.08. The Bertz CT molecular complexity index is 8.00. The minimum absolute atomic E-state index is 0. The van der Waals surface area contributed by atoms with E-state index in [1.165, 1.54) is 15.4 Å². The Morgan fingerprint density at radius 3 is 1.25 bits per heavy atom. The Hall–Kier alpha value is 2.32. The Labute approximate surface area is 65.4 Å². The molecule has 0 aliphatic carbocycles. The van der Waals surface area contributed by atoms with E-state index in [2.05, 4.69) is 17.2 Å². The van der Waals surface area contributed by atoms with Gasteiger partial charge in [-0.2, -0.15) is 0 Å². The van der Waals surface area contributed by atoms with Gasteiger partial charge in [0.2, 0.25) is 0 Å². The van der Waals surface area contributed by atoms with E-state index in [4.69, 9.17) is 0 Å². The van der Waals surface area contributed by atoms with Crippen molar-refractivity contribution in [2.24, 2.45) is 0 Å². The third-order valence-electron chi connectivity index (χ3n) is 0. The first-order valence-corrected chi connectivity index (χ1v) is 8.87. The molecule has 0 heterocycles. The third kappa shape index (κ3) is 8.85. The first-order valence-electron chi connectivity index (χ1n) is 0.289. The molecule has 0 fully saturated rings. The summed E-state index contributed by atoms with van der Waals surface area (Å²) >= 11 is 3.46. The predicted octanol–water partition coefficient (Wildman–Crippen LogP) is -0.0100. The van der Waals surface area contributed by atoms with Gasteiger partial charge in [0.15, 0.2) is 0 Å². The second-order valence-corrected chi connectivity index (χ2v) is 0. The van der Waals surface area contributed by atoms with Crippen LogP contribution in [-0.4, -0.2) is 0 Å². The SMILES string of the molecule is [Cu].[Ni].[Zn][Mo]. The van der Waals surface area contributed by atoms with Crippen molar-refractivity contribution in [3.8, 4) is 0 Å². The molecule has 4 heteroatoms. The second-order valence-electron chi connectivity index (χ2n) is 0. The van der Waals surface area contributed by atoms with Crippen LogP contribution in [0.4, 0.5) is 0 Å². The summed E-state index contributed by atoms with van der Waals surface area (Å²) in [4.78, 5) is 0. The molecule has 0 saturated carbocycles. The summed E-state index contributed by atoms with van der Waals surface area (Å²) in [5.41, 5.74) is 0. The Morgan fingerprint density at radius 2 is 1.25 bits per heavy atom. The molecule has 0 unspecified atom stereocenters. The molecule has 0 bridgehead atoms. The van der Waals surface area contributed by atoms with Crippen LogP contribution in [0.1, 0.15) is 0 Å². The monoisotopic (exact) mass is 283 g/mol. The Balaban J connectivity index is -0.00000000500. The average molecular weight is 284 g/mol. The zero-order chi connectivity index (χ0) is 2.00. The van der Waals surface area contributed by atoms with E-state index in [1.54, 1.807) is 0 Å². The molecule has 29 valence electrons. The number of rotatable bonds is 0. The first-order chi connectivity index (χ1) is 1.00. The van der Waals surface area contributed by atoms with Crippen molar-refractivity contribution < 1.29 is 66.2 Å². The summed E-state index contributed by atoms with van der Waals surface area (Å²) in [5.74, 6) is 0. The molecular weight excluding hydrogens is 284 g/mol. The molecule has 0 saturated heterocycles. The van der Waals surface area contributed by atoms with Gasteiger partial charge in [-0.25, -0.2) is 0 Å². The molecule has 0 aromatic carbocycles. The van der Waals surface area contributed by atoms with Crippen LogP contribution < -0.4 is 0 Å². The van der Waals surface area contributed by atoms with Crippen LogP contribution in [0.15, 0.2) is 0 Å². The van der Waals surface area contributed by atoms with Crippen LogP contribution in [0.3, 0.4) is 0 Å². The molecule has 0 aliphatic rings. The Morgan fingerprint density at radius 1 is 1.25 bits per heavy atom. The molecule has 1 radical (unpaired) electrons. The van der Waals surface area contributed by atoms with Crippen LogP contribution in [-0.2, 0) is 66.2 Å². The maximum absolute atomic E-state index is 2.08. The molecule has 0 nitrogen and oxygen atoms in total. The van der Waals surface area contributed by atoms with Crippen LogP contribution in [0.2, 0.25) is 0 Å². The van der Waals surface area contributed by atoms with Gasteiger partial charge in [0.1, 0.15) is 0 Å². The van der Waals surface area contributed by atoms with Crippen LogP contribution in [0, 0.1) is 0 Å². The molecule has 0 aliphatic heterocycles. The van der Waals surface area contributed by atoms with E-state index in [0.717, 1.165) is 0 Å². The normalized spacial score (nSPS) is 1.50. The fourth-order valence-electron chi connectivity index (χ4n) is 0. The molecule has 0 atom stereocenters. The predicted molar refractivity (Wildman–Crippen MR) is 0 cm³/mol. The summed E-state index contributed by atoms with van der Waals surface area (Å²) in [6, 6.07) is 0. The van der Waals surface area contributed by atoms with Gasteiger partial charge in [-0.05, 0) is 0 Å². The fourth-order valence-corrected chi connectivity index (χ4v) is 0. The molecule has 0 aromatic heterocycles. The molecule has 0 amide bonds. The van der Waals surface area contributed by atoms with E-state index in [9.17, 15) is 0 Å². The van der Waals surface area contributed by atoms with Gasteiger partial charge < -0.3 is 0 Å². The summed E-state index contributed by atoms with van der Waals surface area (Å²) in [5, 5.41) is 0. The van der Waals surface area contributed by atoms with E-state index in [1.807, 2.05) is 0 Å². The van der Waals surface area contributed by atoms with Gasteiger partial charge in [-0.1, -0.05) is 0 Å². The minimum atomic E-state index is 0. The first kappa shape index (κ1) is 16.2. The van der Waals surface area contributed by atoms with Gasteiger partial charge >= 0.3 is 32.6 Å². The summed E-state index contributed by atoms with van der Waals surface area (Å²) in [7, 11) is 0. The van der Waals surface area contributed by atoms with Crippen molar-refractivity contribution in [3.05, 3.63) is 0 Å². The molecule has 0 rings (SSSR count). The molecular formula is CuMoNiZn. The molecule has 0 aromatic rings. The third-order valence-corrected chi connectivity index (χ3v) is 0. The van der Waals surface area contributed by atoms with Gasteiger partial charge in [-0.3, -0.25) is 0 Å². The van der Waals surface area contributed by atoms with Crippen molar-refractivity contribution in [2.45, 2.75) is 0 Å². The topological polar surface area (TPSA) is 0 Å². The van der Waals surface area contributed by atoms with Gasteiger partial charge in [0, 0.05) is 33.6 Å². The van der Waals surface area contributed by atoms with Crippen molar-refractivity contribution in [3.63, 3.8) is 0 Å². The zero-order valence-electron chi connectivity index (χ0n) is 1.73. The fraction of sp³-hybridized carbons (Fsp3) is 0. The van der Waals surface area contributed by atoms with Gasteiger partial charge in [0.05, 0.1) is 0 Å². The molecule has 0 spiro atoms. The standard InChI is InChI=1S/Cu.Mo.Ni.Zn. The van der Waals surface area contributed by atoms with Crippen LogP contribution in [0.5, 0.6) is 0 Å². The van der Waals surface area contributed by atoms with Crippen LogP contribution in [0.25, 0.3) is 0 Å². The Kier molecular flexibility index (Phi) is 74.7. The molecule has 4 heavy (non-hydrogen) atoms. The van der Waals surface area contributed by atoms with Crippen molar-refractivity contribution in [2.75, 3.05) is 0 Å². The summed E-state index contributed by atoms with van der Waals surface area (Å²) < 4.78 is 0. The molecule has 0 N–H and O–H groups in total. The van der Waals surface area contributed by atoms with Crippen molar-refractivity contribution in [1.29, 1.82) is 0 Å². The van der Waals surface area contributed by atoms with E-state index in [-0.39, 0.29) is 33.6 Å². The van der Waals surface area contributed by atoms with Crippen LogP contribution >= 0.6 is 0 Å². The quantitative estimate of drug-likeness (QED) is 0.549. The number of hydrogen-bond donors (Lipinski definition) is 0. The zero-order valence-corrected chi connectivity index (χ0v) is 8.64. The van der Waals surface area contributed by atoms with E-state index in [0.29, 0.717) is 0 Å². The van der Waals surface area contributed by atoms with E-state index < -0.39 is 0 Å². The number of hydrogen-bond acceptors (Lipinski definition) is 0. The van der Waals surface area contributed by atoms with Crippen molar-refractivity contribution in [1.82, 2.24) is 0 Å².